The van der Waals surface area contributed by atoms with E-state index in [1.165, 1.54) is 96.3 Å². The first kappa shape index (κ1) is 54.4. The van der Waals surface area contributed by atoms with Crippen LogP contribution in [0.3, 0.4) is 0 Å². The van der Waals surface area contributed by atoms with Crippen LogP contribution in [0, 0.1) is 0 Å². The third kappa shape index (κ3) is 44.3. The summed E-state index contributed by atoms with van der Waals surface area (Å²) in [5.74, 6) is -0.909. The molecule has 0 aliphatic rings. The topological polar surface area (TPSA) is 78.9 Å². The van der Waals surface area contributed by atoms with E-state index < -0.39 is 6.10 Å². The molecule has 0 spiro atoms. The molecule has 0 aromatic rings. The van der Waals surface area contributed by atoms with Crippen molar-refractivity contribution in [3.05, 3.63) is 48.6 Å². The minimum absolute atomic E-state index is 0.0818. The number of unbranched alkanes of at least 4 members (excludes halogenated alkanes) is 24. The Morgan fingerprint density at radius 1 is 0.368 bits per heavy atom. The van der Waals surface area contributed by atoms with Crippen LogP contribution in [0.1, 0.15) is 239 Å². The highest BCUT2D eigenvalue weighted by molar-refractivity contribution is 5.71. The molecule has 6 heteroatoms. The maximum atomic E-state index is 12.7. The second kappa shape index (κ2) is 46.1. The van der Waals surface area contributed by atoms with Crippen molar-refractivity contribution < 1.29 is 28.6 Å². The fraction of sp³-hybridized carbons (Fsp3) is 0.784. The molecule has 0 amide bonds. The SMILES string of the molecule is CC/C=C\C/C=C\C/C=C\CCCCCCCC(=O)OC(COC(=O)CCCCCCC/C=C\CCCCCCCCC)COC(=O)CCCCCCCCCC. The second-order valence-corrected chi connectivity index (χ2v) is 16.0. The molecule has 0 aromatic heterocycles. The molecule has 0 rings (SSSR count). The second-order valence-electron chi connectivity index (χ2n) is 16.0. The van der Waals surface area contributed by atoms with Gasteiger partial charge in [0.25, 0.3) is 0 Å². The lowest BCUT2D eigenvalue weighted by molar-refractivity contribution is -0.167. The lowest BCUT2D eigenvalue weighted by atomic mass is 10.1. The first-order valence-corrected chi connectivity index (χ1v) is 24.1. The van der Waals surface area contributed by atoms with Crippen molar-refractivity contribution in [1.29, 1.82) is 0 Å². The zero-order valence-electron chi connectivity index (χ0n) is 37.6. The standard InChI is InChI=1S/C51H90O6/c1-4-7-10-13-16-19-21-23-25-27-28-30-32-35-38-41-44-50(53)56-47-48(46-55-49(52)43-40-37-34-18-15-12-9-6-3)57-51(54)45-42-39-36-33-31-29-26-24-22-20-17-14-11-8-5-2/h8,11,17,20,24-27,48H,4-7,9-10,12-16,18-19,21-23,28-47H2,1-3H3/b11-8-,20-17-,26-24-,27-25-. The Morgan fingerprint density at radius 2 is 0.684 bits per heavy atom. The number of hydrogen-bond acceptors (Lipinski definition) is 6. The molecule has 0 aromatic carbocycles. The van der Waals surface area contributed by atoms with Crippen molar-refractivity contribution in [2.45, 2.75) is 245 Å². The summed E-state index contributed by atoms with van der Waals surface area (Å²) in [5, 5.41) is 0. The van der Waals surface area contributed by atoms with Crippen LogP contribution >= 0.6 is 0 Å². The van der Waals surface area contributed by atoms with Gasteiger partial charge in [0, 0.05) is 19.3 Å². The number of ether oxygens (including phenoxy) is 3. The lowest BCUT2D eigenvalue weighted by Gasteiger charge is -2.18. The molecule has 0 heterocycles. The van der Waals surface area contributed by atoms with Gasteiger partial charge >= 0.3 is 17.9 Å². The maximum Gasteiger partial charge on any atom is 0.306 e. The average Bonchev–Trinajstić information content (AvgIpc) is 3.21. The molecule has 0 saturated heterocycles. The molecule has 0 fully saturated rings. The molecular weight excluding hydrogens is 709 g/mol. The first-order valence-electron chi connectivity index (χ1n) is 24.1. The van der Waals surface area contributed by atoms with Gasteiger partial charge < -0.3 is 14.2 Å². The van der Waals surface area contributed by atoms with E-state index in [1.54, 1.807) is 0 Å². The van der Waals surface area contributed by atoms with Gasteiger partial charge in [-0.2, -0.15) is 0 Å². The van der Waals surface area contributed by atoms with Crippen LogP contribution in [-0.2, 0) is 28.6 Å². The number of hydrogen-bond donors (Lipinski definition) is 0. The van der Waals surface area contributed by atoms with Crippen LogP contribution < -0.4 is 0 Å². The normalized spacial score (nSPS) is 12.4. The quantitative estimate of drug-likeness (QED) is 0.0265. The zero-order chi connectivity index (χ0) is 41.5. The van der Waals surface area contributed by atoms with Crippen molar-refractivity contribution in [2.24, 2.45) is 0 Å². The Bertz CT molecular complexity index is 1010. The van der Waals surface area contributed by atoms with Crippen molar-refractivity contribution in [3.63, 3.8) is 0 Å². The summed E-state index contributed by atoms with van der Waals surface area (Å²) in [5.41, 5.74) is 0. The molecule has 6 nitrogen and oxygen atoms in total. The smallest absolute Gasteiger partial charge is 0.306 e. The fourth-order valence-corrected chi connectivity index (χ4v) is 6.69. The number of esters is 3. The molecule has 0 N–H and O–H groups in total. The number of rotatable bonds is 43. The molecule has 330 valence electrons. The molecular formula is C51H90O6. The Hall–Kier alpha value is -2.63. The predicted molar refractivity (Wildman–Crippen MR) is 242 cm³/mol. The molecule has 1 atom stereocenters. The van der Waals surface area contributed by atoms with Gasteiger partial charge in [0.05, 0.1) is 0 Å². The third-order valence-corrected chi connectivity index (χ3v) is 10.3. The van der Waals surface area contributed by atoms with Crippen LogP contribution in [0.15, 0.2) is 48.6 Å². The monoisotopic (exact) mass is 799 g/mol. The van der Waals surface area contributed by atoms with Gasteiger partial charge in [-0.3, -0.25) is 14.4 Å². The van der Waals surface area contributed by atoms with Crippen LogP contribution in [0.25, 0.3) is 0 Å². The van der Waals surface area contributed by atoms with E-state index in [1.807, 2.05) is 0 Å². The fourth-order valence-electron chi connectivity index (χ4n) is 6.69. The summed E-state index contributed by atoms with van der Waals surface area (Å²) in [6.45, 7) is 6.47. The lowest BCUT2D eigenvalue weighted by Crippen LogP contribution is -2.30. The van der Waals surface area contributed by atoms with Gasteiger partial charge in [0.1, 0.15) is 13.2 Å². The summed E-state index contributed by atoms with van der Waals surface area (Å²) < 4.78 is 16.7. The van der Waals surface area contributed by atoms with Gasteiger partial charge in [-0.25, -0.2) is 0 Å². The van der Waals surface area contributed by atoms with E-state index in [9.17, 15) is 14.4 Å². The summed E-state index contributed by atoms with van der Waals surface area (Å²) in [6.07, 6.45) is 53.8. The van der Waals surface area contributed by atoms with Gasteiger partial charge in [-0.05, 0) is 77.0 Å². The number of allylic oxidation sites excluding steroid dienone is 8. The van der Waals surface area contributed by atoms with E-state index in [-0.39, 0.29) is 31.1 Å². The van der Waals surface area contributed by atoms with E-state index >= 15 is 0 Å². The van der Waals surface area contributed by atoms with Gasteiger partial charge in [-0.15, -0.1) is 0 Å². The predicted octanol–water partition coefficient (Wildman–Crippen LogP) is 15.5. The average molecular weight is 799 g/mol. The van der Waals surface area contributed by atoms with Crippen LogP contribution in [0.5, 0.6) is 0 Å². The molecule has 0 aliphatic carbocycles. The molecule has 57 heavy (non-hydrogen) atoms. The van der Waals surface area contributed by atoms with Crippen LogP contribution in [-0.4, -0.2) is 37.2 Å². The molecule has 0 saturated carbocycles. The summed E-state index contributed by atoms with van der Waals surface area (Å²) in [6, 6.07) is 0. The van der Waals surface area contributed by atoms with Crippen LogP contribution in [0.4, 0.5) is 0 Å². The Morgan fingerprint density at radius 3 is 1.09 bits per heavy atom. The first-order chi connectivity index (χ1) is 28.0. The number of carbonyl (C=O) groups is 3. The molecule has 1 unspecified atom stereocenters. The van der Waals surface area contributed by atoms with Gasteiger partial charge in [-0.1, -0.05) is 191 Å². The Kier molecular flexibility index (Phi) is 43.9. The largest absolute Gasteiger partial charge is 0.462 e. The highest BCUT2D eigenvalue weighted by Gasteiger charge is 2.19. The van der Waals surface area contributed by atoms with Gasteiger partial charge in [0.2, 0.25) is 0 Å². The zero-order valence-corrected chi connectivity index (χ0v) is 37.6. The Balaban J connectivity index is 4.35. The van der Waals surface area contributed by atoms with Crippen molar-refractivity contribution in [2.75, 3.05) is 13.2 Å². The highest BCUT2D eigenvalue weighted by atomic mass is 16.6. The molecule has 0 aliphatic heterocycles. The van der Waals surface area contributed by atoms with Crippen LogP contribution in [0.2, 0.25) is 0 Å². The minimum atomic E-state index is -0.780. The van der Waals surface area contributed by atoms with E-state index in [2.05, 4.69) is 69.4 Å². The minimum Gasteiger partial charge on any atom is -0.462 e. The highest BCUT2D eigenvalue weighted by Crippen LogP contribution is 2.14. The van der Waals surface area contributed by atoms with Crippen molar-refractivity contribution in [1.82, 2.24) is 0 Å². The summed E-state index contributed by atoms with van der Waals surface area (Å²) >= 11 is 0. The van der Waals surface area contributed by atoms with Crippen molar-refractivity contribution in [3.8, 4) is 0 Å². The molecule has 0 bridgehead atoms. The summed E-state index contributed by atoms with van der Waals surface area (Å²) in [4.78, 5) is 37.7. The van der Waals surface area contributed by atoms with E-state index in [4.69, 9.17) is 14.2 Å². The van der Waals surface area contributed by atoms with E-state index in [0.29, 0.717) is 19.3 Å². The molecule has 0 radical (unpaired) electrons. The number of carbonyl (C=O) groups excluding carboxylic acids is 3. The van der Waals surface area contributed by atoms with E-state index in [0.717, 1.165) is 103 Å². The summed E-state index contributed by atoms with van der Waals surface area (Å²) in [7, 11) is 0. The van der Waals surface area contributed by atoms with Crippen molar-refractivity contribution >= 4 is 17.9 Å². The maximum absolute atomic E-state index is 12.7. The third-order valence-electron chi connectivity index (χ3n) is 10.3. The Labute approximate surface area is 352 Å². The van der Waals surface area contributed by atoms with Gasteiger partial charge in [0.15, 0.2) is 6.10 Å².